The fourth-order valence-electron chi connectivity index (χ4n) is 1.37. The van der Waals surface area contributed by atoms with Gasteiger partial charge in [-0.2, -0.15) is 0 Å². The van der Waals surface area contributed by atoms with Crippen molar-refractivity contribution in [2.24, 2.45) is 5.92 Å². The van der Waals surface area contributed by atoms with Crippen LogP contribution in [0.25, 0.3) is 0 Å². The standard InChI is InChI=1S/C9H13NO2/c1-3-8-4-9(12)10(5-8)7(2)6-11/h1,7-8,11H,4-6H2,2H3/t7-,8?/m0/s1. The van der Waals surface area contributed by atoms with E-state index in [1.165, 1.54) is 0 Å². The molecular weight excluding hydrogens is 154 g/mol. The average molecular weight is 167 g/mol. The number of carbonyl (C=O) groups excluding carboxylic acids is 1. The van der Waals surface area contributed by atoms with Crippen molar-refractivity contribution in [1.82, 2.24) is 4.90 Å². The number of rotatable bonds is 2. The van der Waals surface area contributed by atoms with E-state index in [1.807, 2.05) is 6.92 Å². The van der Waals surface area contributed by atoms with Crippen LogP contribution in [0.3, 0.4) is 0 Å². The lowest BCUT2D eigenvalue weighted by molar-refractivity contribution is -0.130. The third-order valence-corrected chi connectivity index (χ3v) is 2.19. The highest BCUT2D eigenvalue weighted by Crippen LogP contribution is 2.18. The van der Waals surface area contributed by atoms with E-state index in [0.29, 0.717) is 13.0 Å². The lowest BCUT2D eigenvalue weighted by Gasteiger charge is -2.21. The van der Waals surface area contributed by atoms with Crippen LogP contribution in [0.5, 0.6) is 0 Å². The number of terminal acetylenes is 1. The number of carbonyl (C=O) groups is 1. The second-order valence-corrected chi connectivity index (χ2v) is 3.15. The summed E-state index contributed by atoms with van der Waals surface area (Å²) in [4.78, 5) is 12.9. The van der Waals surface area contributed by atoms with Crippen molar-refractivity contribution in [2.45, 2.75) is 19.4 Å². The Balaban J connectivity index is 2.59. The molecule has 0 aromatic heterocycles. The van der Waals surface area contributed by atoms with Crippen LogP contribution in [0, 0.1) is 18.3 Å². The number of amides is 1. The quantitative estimate of drug-likeness (QED) is 0.581. The predicted molar refractivity (Wildman–Crippen MR) is 45.2 cm³/mol. The highest BCUT2D eigenvalue weighted by atomic mass is 16.3. The monoisotopic (exact) mass is 167 g/mol. The van der Waals surface area contributed by atoms with Gasteiger partial charge in [-0.1, -0.05) is 0 Å². The van der Waals surface area contributed by atoms with Gasteiger partial charge in [0, 0.05) is 18.9 Å². The second kappa shape index (κ2) is 3.59. The minimum atomic E-state index is -0.101. The molecule has 1 unspecified atom stereocenters. The highest BCUT2D eigenvalue weighted by Gasteiger charge is 2.30. The van der Waals surface area contributed by atoms with Crippen molar-refractivity contribution in [3.8, 4) is 12.3 Å². The van der Waals surface area contributed by atoms with Gasteiger partial charge < -0.3 is 10.0 Å². The molecule has 1 N–H and O–H groups in total. The molecule has 1 rings (SSSR count). The number of hydrogen-bond acceptors (Lipinski definition) is 2. The number of likely N-dealkylation sites (tertiary alicyclic amines) is 1. The Kier molecular flexibility index (Phi) is 2.72. The first-order valence-corrected chi connectivity index (χ1v) is 4.05. The molecule has 1 fully saturated rings. The molecule has 0 saturated carbocycles. The molecule has 0 aliphatic carbocycles. The Bertz CT molecular complexity index is 219. The average Bonchev–Trinajstić information content (AvgIpc) is 2.45. The molecule has 1 aliphatic heterocycles. The Morgan fingerprint density at radius 2 is 2.58 bits per heavy atom. The van der Waals surface area contributed by atoms with E-state index >= 15 is 0 Å². The van der Waals surface area contributed by atoms with Crippen LogP contribution in [-0.4, -0.2) is 35.1 Å². The molecular formula is C9H13NO2. The largest absolute Gasteiger partial charge is 0.394 e. The molecule has 0 aromatic carbocycles. The second-order valence-electron chi connectivity index (χ2n) is 3.15. The molecule has 3 heteroatoms. The summed E-state index contributed by atoms with van der Waals surface area (Å²) < 4.78 is 0. The Morgan fingerprint density at radius 1 is 1.92 bits per heavy atom. The molecule has 66 valence electrons. The minimum absolute atomic E-state index is 0.00301. The van der Waals surface area contributed by atoms with E-state index in [9.17, 15) is 4.79 Å². The zero-order chi connectivity index (χ0) is 9.14. The van der Waals surface area contributed by atoms with Gasteiger partial charge in [-0.25, -0.2) is 0 Å². The molecule has 1 amide bonds. The van der Waals surface area contributed by atoms with Gasteiger partial charge in [0.25, 0.3) is 0 Å². The molecule has 1 aliphatic rings. The van der Waals surface area contributed by atoms with Crippen LogP contribution in [0.15, 0.2) is 0 Å². The van der Waals surface area contributed by atoms with Crippen molar-refractivity contribution >= 4 is 5.91 Å². The van der Waals surface area contributed by atoms with Gasteiger partial charge in [-0.15, -0.1) is 12.3 Å². The van der Waals surface area contributed by atoms with Crippen LogP contribution >= 0.6 is 0 Å². The summed E-state index contributed by atoms with van der Waals surface area (Å²) in [6, 6.07) is -0.101. The van der Waals surface area contributed by atoms with E-state index < -0.39 is 0 Å². The fourth-order valence-corrected chi connectivity index (χ4v) is 1.37. The van der Waals surface area contributed by atoms with Gasteiger partial charge in [0.05, 0.1) is 12.6 Å². The maximum absolute atomic E-state index is 11.3. The molecule has 0 radical (unpaired) electrons. The van der Waals surface area contributed by atoms with Crippen molar-refractivity contribution < 1.29 is 9.90 Å². The van der Waals surface area contributed by atoms with Gasteiger partial charge in [-0.05, 0) is 6.92 Å². The molecule has 0 spiro atoms. The molecule has 0 aromatic rings. The first-order valence-electron chi connectivity index (χ1n) is 4.05. The summed E-state index contributed by atoms with van der Waals surface area (Å²) in [5.74, 6) is 2.65. The molecule has 1 saturated heterocycles. The van der Waals surface area contributed by atoms with Gasteiger partial charge in [0.1, 0.15) is 0 Å². The summed E-state index contributed by atoms with van der Waals surface area (Å²) in [6.07, 6.45) is 5.64. The number of nitrogens with zero attached hydrogens (tertiary/aromatic N) is 1. The van der Waals surface area contributed by atoms with Crippen molar-refractivity contribution in [3.63, 3.8) is 0 Å². The summed E-state index contributed by atoms with van der Waals surface area (Å²) >= 11 is 0. The van der Waals surface area contributed by atoms with Crippen molar-refractivity contribution in [3.05, 3.63) is 0 Å². The Morgan fingerprint density at radius 3 is 3.00 bits per heavy atom. The van der Waals surface area contributed by atoms with Crippen LogP contribution in [0.2, 0.25) is 0 Å². The van der Waals surface area contributed by atoms with Crippen molar-refractivity contribution in [1.29, 1.82) is 0 Å². The van der Waals surface area contributed by atoms with Gasteiger partial charge in [0.2, 0.25) is 5.91 Å². The third-order valence-electron chi connectivity index (χ3n) is 2.19. The van der Waals surface area contributed by atoms with E-state index in [4.69, 9.17) is 11.5 Å². The predicted octanol–water partition coefficient (Wildman–Crippen LogP) is -0.151. The molecule has 1 heterocycles. The first-order chi connectivity index (χ1) is 5.69. The van der Waals surface area contributed by atoms with E-state index in [2.05, 4.69) is 5.92 Å². The molecule has 3 nitrogen and oxygen atoms in total. The van der Waals surface area contributed by atoms with Gasteiger partial charge in [0.15, 0.2) is 0 Å². The molecule has 2 atom stereocenters. The van der Waals surface area contributed by atoms with E-state index in [-0.39, 0.29) is 24.5 Å². The Labute approximate surface area is 72.4 Å². The normalized spacial score (nSPS) is 25.6. The third kappa shape index (κ3) is 1.59. The summed E-state index contributed by atoms with van der Waals surface area (Å²) in [5, 5.41) is 8.83. The van der Waals surface area contributed by atoms with Crippen molar-refractivity contribution in [2.75, 3.05) is 13.2 Å². The minimum Gasteiger partial charge on any atom is -0.394 e. The topological polar surface area (TPSA) is 40.5 Å². The molecule has 0 bridgehead atoms. The summed E-state index contributed by atoms with van der Waals surface area (Å²) in [6.45, 7) is 2.41. The number of hydrogen-bond donors (Lipinski definition) is 1. The summed E-state index contributed by atoms with van der Waals surface area (Å²) in [5.41, 5.74) is 0. The summed E-state index contributed by atoms with van der Waals surface area (Å²) in [7, 11) is 0. The van der Waals surface area contributed by atoms with E-state index in [1.54, 1.807) is 4.90 Å². The van der Waals surface area contributed by atoms with Gasteiger partial charge >= 0.3 is 0 Å². The maximum Gasteiger partial charge on any atom is 0.224 e. The van der Waals surface area contributed by atoms with Crippen LogP contribution in [0.4, 0.5) is 0 Å². The lowest BCUT2D eigenvalue weighted by atomic mass is 10.1. The first kappa shape index (κ1) is 9.08. The smallest absolute Gasteiger partial charge is 0.224 e. The molecule has 12 heavy (non-hydrogen) atoms. The van der Waals surface area contributed by atoms with Crippen LogP contribution in [-0.2, 0) is 4.79 Å². The SMILES string of the molecule is C#CC1CC(=O)N([C@@H](C)CO)C1. The highest BCUT2D eigenvalue weighted by molar-refractivity contribution is 5.79. The van der Waals surface area contributed by atoms with Gasteiger partial charge in [-0.3, -0.25) is 4.79 Å². The van der Waals surface area contributed by atoms with Crippen LogP contribution in [0.1, 0.15) is 13.3 Å². The van der Waals surface area contributed by atoms with E-state index in [0.717, 1.165) is 0 Å². The Hall–Kier alpha value is -1.01. The number of aliphatic hydroxyl groups is 1. The van der Waals surface area contributed by atoms with Crippen LogP contribution < -0.4 is 0 Å². The lowest BCUT2D eigenvalue weighted by Crippen LogP contribution is -2.36. The zero-order valence-corrected chi connectivity index (χ0v) is 7.16. The zero-order valence-electron chi connectivity index (χ0n) is 7.16. The fraction of sp³-hybridized carbons (Fsp3) is 0.667. The number of aliphatic hydroxyl groups excluding tert-OH is 1. The maximum atomic E-state index is 11.3.